The Balaban J connectivity index is 1.47. The third-order valence-electron chi connectivity index (χ3n) is 6.45. The lowest BCUT2D eigenvalue weighted by molar-refractivity contribution is -0.176. The van der Waals surface area contributed by atoms with Crippen molar-refractivity contribution in [3.8, 4) is 11.5 Å². The van der Waals surface area contributed by atoms with E-state index in [0.29, 0.717) is 24.2 Å². The number of aliphatic carboxylic acids is 1. The molecule has 2 saturated heterocycles. The quantitative estimate of drug-likeness (QED) is 0.404. The minimum atomic E-state index is -1.28. The third kappa shape index (κ3) is 6.58. The third-order valence-corrected chi connectivity index (χ3v) is 6.45. The van der Waals surface area contributed by atoms with Crippen LogP contribution in [-0.2, 0) is 24.0 Å². The van der Waals surface area contributed by atoms with Crippen molar-refractivity contribution >= 4 is 35.9 Å². The van der Waals surface area contributed by atoms with E-state index in [1.54, 1.807) is 36.4 Å². The highest BCUT2D eigenvalue weighted by Gasteiger charge is 2.45. The molecule has 2 fully saturated rings. The van der Waals surface area contributed by atoms with Crippen LogP contribution in [0.2, 0.25) is 0 Å². The standard InChI is InChI=1S/C27H28N4O8/c32-16-18(15-24(34)35)28-26(37)22-7-4-14-30-23(33)13-12-21(27(38)31(22)30)29-25(36)17-8-10-20(11-9-17)39-19-5-2-1-3-6-19/h1-3,5-6,8-11,16,18,21-22H,4,7,12-15H2,(H,28,37)(H,29,36)(H,34,35)/t18-,21-,22-/m0/s1. The van der Waals surface area contributed by atoms with E-state index < -0.39 is 48.2 Å². The summed E-state index contributed by atoms with van der Waals surface area (Å²) in [6.07, 6.45) is 0.321. The van der Waals surface area contributed by atoms with Gasteiger partial charge >= 0.3 is 5.97 Å². The molecule has 0 aliphatic carbocycles. The minimum absolute atomic E-state index is 0.0264. The van der Waals surface area contributed by atoms with Gasteiger partial charge in [-0.15, -0.1) is 0 Å². The van der Waals surface area contributed by atoms with E-state index >= 15 is 0 Å². The molecular formula is C27H28N4O8. The molecule has 3 atom stereocenters. The summed E-state index contributed by atoms with van der Waals surface area (Å²) in [6.45, 7) is 0.212. The number of para-hydroxylation sites is 1. The van der Waals surface area contributed by atoms with Crippen LogP contribution in [0, 0.1) is 0 Å². The van der Waals surface area contributed by atoms with Crippen LogP contribution in [0.4, 0.5) is 0 Å². The van der Waals surface area contributed by atoms with Gasteiger partial charge in [-0.25, -0.2) is 5.01 Å². The van der Waals surface area contributed by atoms with Gasteiger partial charge in [0.05, 0.1) is 12.5 Å². The molecule has 2 aliphatic heterocycles. The fourth-order valence-electron chi connectivity index (χ4n) is 4.55. The van der Waals surface area contributed by atoms with Crippen molar-refractivity contribution < 1.29 is 38.6 Å². The van der Waals surface area contributed by atoms with Gasteiger partial charge in [0.2, 0.25) is 11.8 Å². The largest absolute Gasteiger partial charge is 0.481 e. The van der Waals surface area contributed by atoms with Crippen molar-refractivity contribution in [1.82, 2.24) is 20.7 Å². The van der Waals surface area contributed by atoms with Crippen LogP contribution in [0.3, 0.4) is 0 Å². The second-order valence-electron chi connectivity index (χ2n) is 9.21. The van der Waals surface area contributed by atoms with Crippen LogP contribution in [0.1, 0.15) is 42.5 Å². The zero-order valence-electron chi connectivity index (χ0n) is 20.9. The zero-order chi connectivity index (χ0) is 27.9. The number of hydrogen-bond acceptors (Lipinski definition) is 7. The monoisotopic (exact) mass is 536 g/mol. The number of hydrazine groups is 1. The molecule has 0 radical (unpaired) electrons. The number of benzene rings is 2. The first-order valence-electron chi connectivity index (χ1n) is 12.5. The number of carbonyl (C=O) groups is 6. The van der Waals surface area contributed by atoms with Crippen LogP contribution in [0.15, 0.2) is 54.6 Å². The number of carboxylic acid groups (broad SMARTS) is 1. The van der Waals surface area contributed by atoms with Gasteiger partial charge in [0.15, 0.2) is 0 Å². The molecule has 4 rings (SSSR count). The Morgan fingerprint density at radius 2 is 1.72 bits per heavy atom. The summed E-state index contributed by atoms with van der Waals surface area (Å²) in [7, 11) is 0. The van der Waals surface area contributed by atoms with Crippen LogP contribution >= 0.6 is 0 Å². The van der Waals surface area contributed by atoms with Gasteiger partial charge < -0.3 is 25.3 Å². The Labute approximate surface area is 223 Å². The number of nitrogens with one attached hydrogen (secondary N) is 2. The molecule has 2 aliphatic rings. The highest BCUT2D eigenvalue weighted by molar-refractivity contribution is 6.00. The number of rotatable bonds is 9. The van der Waals surface area contributed by atoms with E-state index in [1.807, 2.05) is 18.2 Å². The van der Waals surface area contributed by atoms with Crippen molar-refractivity contribution in [2.45, 2.75) is 50.2 Å². The first-order valence-corrected chi connectivity index (χ1v) is 12.5. The predicted octanol–water partition coefficient (Wildman–Crippen LogP) is 1.26. The van der Waals surface area contributed by atoms with Gasteiger partial charge in [0.1, 0.15) is 29.9 Å². The average molecular weight is 537 g/mol. The van der Waals surface area contributed by atoms with E-state index in [-0.39, 0.29) is 37.3 Å². The first-order chi connectivity index (χ1) is 18.8. The van der Waals surface area contributed by atoms with Crippen molar-refractivity contribution in [3.63, 3.8) is 0 Å². The maximum absolute atomic E-state index is 13.6. The van der Waals surface area contributed by atoms with E-state index in [9.17, 15) is 28.8 Å². The van der Waals surface area contributed by atoms with E-state index in [4.69, 9.17) is 9.84 Å². The first kappa shape index (κ1) is 27.3. The van der Waals surface area contributed by atoms with E-state index in [1.165, 1.54) is 5.01 Å². The predicted molar refractivity (Wildman–Crippen MR) is 135 cm³/mol. The highest BCUT2D eigenvalue weighted by atomic mass is 16.5. The maximum atomic E-state index is 13.6. The van der Waals surface area contributed by atoms with Gasteiger partial charge in [-0.1, -0.05) is 18.2 Å². The molecule has 12 heteroatoms. The molecule has 2 heterocycles. The van der Waals surface area contributed by atoms with Crippen LogP contribution in [-0.4, -0.2) is 75.7 Å². The normalized spacial score (nSPS) is 19.8. The molecular weight excluding hydrogens is 508 g/mol. The summed E-state index contributed by atoms with van der Waals surface area (Å²) in [5.74, 6) is -2.43. The second kappa shape index (κ2) is 12.2. The van der Waals surface area contributed by atoms with Crippen LogP contribution < -0.4 is 15.4 Å². The summed E-state index contributed by atoms with van der Waals surface area (Å²) in [5.41, 5.74) is 0.270. The molecule has 4 amide bonds. The molecule has 204 valence electrons. The number of carboxylic acids is 1. The Bertz CT molecular complexity index is 1250. The second-order valence-corrected chi connectivity index (χ2v) is 9.21. The lowest BCUT2D eigenvalue weighted by Crippen LogP contribution is -2.64. The summed E-state index contributed by atoms with van der Waals surface area (Å²) in [5, 5.41) is 16.2. The number of nitrogens with zero attached hydrogens (tertiary/aromatic N) is 2. The minimum Gasteiger partial charge on any atom is -0.481 e. The number of carbonyl (C=O) groups excluding carboxylic acids is 5. The lowest BCUT2D eigenvalue weighted by atomic mass is 10.0. The van der Waals surface area contributed by atoms with Gasteiger partial charge in [-0.3, -0.25) is 29.0 Å². The fourth-order valence-corrected chi connectivity index (χ4v) is 4.55. The summed E-state index contributed by atoms with van der Waals surface area (Å²) in [6, 6.07) is 11.9. The van der Waals surface area contributed by atoms with Crippen molar-refractivity contribution in [2.24, 2.45) is 0 Å². The van der Waals surface area contributed by atoms with Gasteiger partial charge in [-0.2, -0.15) is 0 Å². The van der Waals surface area contributed by atoms with Crippen molar-refractivity contribution in [2.75, 3.05) is 6.54 Å². The number of ether oxygens (including phenoxy) is 1. The molecule has 3 N–H and O–H groups in total. The Kier molecular flexibility index (Phi) is 8.54. The van der Waals surface area contributed by atoms with Crippen molar-refractivity contribution in [1.29, 1.82) is 0 Å². The molecule has 0 aromatic heterocycles. The van der Waals surface area contributed by atoms with Crippen LogP contribution in [0.25, 0.3) is 0 Å². The number of fused-ring (bicyclic) bond motifs is 1. The average Bonchev–Trinajstić information content (AvgIpc) is 3.05. The molecule has 0 unspecified atom stereocenters. The fraction of sp³-hybridized carbons (Fsp3) is 0.333. The SMILES string of the molecule is O=C[C@H](CC(=O)O)NC(=O)[C@@H]1CCCN2C(=O)CC[C@H](NC(=O)c3ccc(Oc4ccccc4)cc3)C(=O)N12. The number of hydrogen-bond donors (Lipinski definition) is 3. The van der Waals surface area contributed by atoms with Crippen molar-refractivity contribution in [3.05, 3.63) is 60.2 Å². The molecule has 39 heavy (non-hydrogen) atoms. The molecule has 2 aromatic rings. The summed E-state index contributed by atoms with van der Waals surface area (Å²) in [4.78, 5) is 74.6. The zero-order valence-corrected chi connectivity index (χ0v) is 20.9. The maximum Gasteiger partial charge on any atom is 0.305 e. The Morgan fingerprint density at radius 1 is 1.03 bits per heavy atom. The van der Waals surface area contributed by atoms with Gasteiger partial charge in [0.25, 0.3) is 11.8 Å². The smallest absolute Gasteiger partial charge is 0.305 e. The highest BCUT2D eigenvalue weighted by Crippen LogP contribution is 2.26. The van der Waals surface area contributed by atoms with E-state index in [0.717, 1.165) is 5.01 Å². The topological polar surface area (TPSA) is 162 Å². The van der Waals surface area contributed by atoms with E-state index in [2.05, 4.69) is 10.6 Å². The molecule has 12 nitrogen and oxygen atoms in total. The number of amides is 4. The van der Waals surface area contributed by atoms with Gasteiger partial charge in [-0.05, 0) is 55.7 Å². The summed E-state index contributed by atoms with van der Waals surface area (Å²) < 4.78 is 5.73. The summed E-state index contributed by atoms with van der Waals surface area (Å²) >= 11 is 0. The Hall–Kier alpha value is -4.74. The van der Waals surface area contributed by atoms with Gasteiger partial charge in [0, 0.05) is 18.5 Å². The number of aldehydes is 1. The Morgan fingerprint density at radius 3 is 2.38 bits per heavy atom. The molecule has 0 bridgehead atoms. The molecule has 2 aromatic carbocycles. The molecule has 0 spiro atoms. The van der Waals surface area contributed by atoms with Crippen LogP contribution in [0.5, 0.6) is 11.5 Å². The molecule has 0 saturated carbocycles. The lowest BCUT2D eigenvalue weighted by Gasteiger charge is -2.43.